The third kappa shape index (κ3) is 5.62. The summed E-state index contributed by atoms with van der Waals surface area (Å²) in [4.78, 5) is 2.36. The first kappa shape index (κ1) is 31.6. The van der Waals surface area contributed by atoms with Crippen LogP contribution in [0.3, 0.4) is 0 Å². The molecule has 0 spiro atoms. The van der Waals surface area contributed by atoms with E-state index in [-0.39, 0.29) is 0 Å². The third-order valence-corrected chi connectivity index (χ3v) is 10.5. The Morgan fingerprint density at radius 2 is 0.759 bits per heavy atom. The van der Waals surface area contributed by atoms with Crippen molar-refractivity contribution in [2.24, 2.45) is 0 Å². The highest BCUT2D eigenvalue weighted by molar-refractivity contribution is 6.18. The van der Waals surface area contributed by atoms with Crippen molar-refractivity contribution in [2.75, 3.05) is 4.90 Å². The fraction of sp³-hybridized carbons (Fsp3) is 0. The molecule has 2 heteroatoms. The Bertz CT molecular complexity index is 2810. The third-order valence-electron chi connectivity index (χ3n) is 10.5. The van der Waals surface area contributed by atoms with Crippen LogP contribution in [-0.4, -0.2) is 0 Å². The second-order valence-electron chi connectivity index (χ2n) is 13.7. The minimum Gasteiger partial charge on any atom is -0.455 e. The SMILES string of the molecule is c1ccc(-c2ccc(N(c3ccc(-c4ccccc4)cc3)c3ccccc3-c3cccc4c3oc3c5cc(-c6ccccc6)ccc5ccc43)cc2)cc1. The molecule has 0 saturated heterocycles. The quantitative estimate of drug-likeness (QED) is 0.166. The van der Waals surface area contributed by atoms with Crippen LogP contribution < -0.4 is 4.90 Å². The smallest absolute Gasteiger partial charge is 0.143 e. The Hall–Kier alpha value is -7.16. The van der Waals surface area contributed by atoms with Crippen LogP contribution in [0.1, 0.15) is 0 Å². The van der Waals surface area contributed by atoms with Crippen molar-refractivity contribution in [3.63, 3.8) is 0 Å². The fourth-order valence-electron chi connectivity index (χ4n) is 7.79. The maximum Gasteiger partial charge on any atom is 0.143 e. The summed E-state index contributed by atoms with van der Waals surface area (Å²) in [5.41, 5.74) is 14.3. The lowest BCUT2D eigenvalue weighted by atomic mass is 9.97. The molecule has 0 N–H and O–H groups in total. The van der Waals surface area contributed by atoms with Gasteiger partial charge in [0.15, 0.2) is 0 Å². The van der Waals surface area contributed by atoms with Crippen LogP contribution >= 0.6 is 0 Å². The summed E-state index contributed by atoms with van der Waals surface area (Å²) in [6, 6.07) is 75.7. The van der Waals surface area contributed by atoms with Crippen molar-refractivity contribution < 1.29 is 4.42 Å². The molecule has 2 nitrogen and oxygen atoms in total. The van der Waals surface area contributed by atoms with Gasteiger partial charge in [0, 0.05) is 38.7 Å². The Kier molecular flexibility index (Phi) is 7.85. The van der Waals surface area contributed by atoms with Crippen LogP contribution in [0, 0.1) is 0 Å². The Morgan fingerprint density at radius 3 is 1.37 bits per heavy atom. The van der Waals surface area contributed by atoms with Crippen molar-refractivity contribution in [1.29, 1.82) is 0 Å². The summed E-state index contributed by atoms with van der Waals surface area (Å²) >= 11 is 0. The van der Waals surface area contributed by atoms with Gasteiger partial charge in [0.05, 0.1) is 5.69 Å². The molecular weight excluding hydrogens is 655 g/mol. The second-order valence-corrected chi connectivity index (χ2v) is 13.7. The number of fused-ring (bicyclic) bond motifs is 5. The Balaban J connectivity index is 1.14. The van der Waals surface area contributed by atoms with E-state index in [9.17, 15) is 0 Å². The molecule has 0 aliphatic carbocycles. The highest BCUT2D eigenvalue weighted by atomic mass is 16.3. The summed E-state index contributed by atoms with van der Waals surface area (Å²) in [5, 5.41) is 4.50. The number of hydrogen-bond donors (Lipinski definition) is 0. The summed E-state index contributed by atoms with van der Waals surface area (Å²) < 4.78 is 7.00. The number of hydrogen-bond acceptors (Lipinski definition) is 2. The van der Waals surface area contributed by atoms with Gasteiger partial charge in [-0.15, -0.1) is 0 Å². The summed E-state index contributed by atoms with van der Waals surface area (Å²) in [6.45, 7) is 0. The van der Waals surface area contributed by atoms with Gasteiger partial charge < -0.3 is 9.32 Å². The van der Waals surface area contributed by atoms with Crippen LogP contribution in [0.2, 0.25) is 0 Å². The molecule has 10 aromatic rings. The number of nitrogens with zero attached hydrogens (tertiary/aromatic N) is 1. The minimum absolute atomic E-state index is 0.886. The van der Waals surface area contributed by atoms with Gasteiger partial charge in [0.25, 0.3) is 0 Å². The highest BCUT2D eigenvalue weighted by Gasteiger charge is 2.21. The lowest BCUT2D eigenvalue weighted by Crippen LogP contribution is -2.11. The van der Waals surface area contributed by atoms with E-state index in [4.69, 9.17) is 4.42 Å². The molecule has 0 unspecified atom stereocenters. The topological polar surface area (TPSA) is 16.4 Å². The molecule has 1 aromatic heterocycles. The molecule has 0 fully saturated rings. The van der Waals surface area contributed by atoms with E-state index in [0.717, 1.165) is 60.9 Å². The van der Waals surface area contributed by atoms with Gasteiger partial charge in [-0.2, -0.15) is 0 Å². The minimum atomic E-state index is 0.886. The monoisotopic (exact) mass is 689 g/mol. The van der Waals surface area contributed by atoms with Crippen molar-refractivity contribution >= 4 is 49.8 Å². The number of para-hydroxylation sites is 2. The summed E-state index contributed by atoms with van der Waals surface area (Å²) in [6.07, 6.45) is 0. The van der Waals surface area contributed by atoms with Gasteiger partial charge in [0.2, 0.25) is 0 Å². The molecule has 0 aliphatic heterocycles. The first-order chi connectivity index (χ1) is 26.8. The summed E-state index contributed by atoms with van der Waals surface area (Å²) in [5.74, 6) is 0. The van der Waals surface area contributed by atoms with Crippen molar-refractivity contribution in [3.05, 3.63) is 212 Å². The second kappa shape index (κ2) is 13.4. The van der Waals surface area contributed by atoms with Crippen LogP contribution in [0.5, 0.6) is 0 Å². The number of anilines is 3. The maximum atomic E-state index is 7.00. The molecule has 0 atom stereocenters. The number of benzene rings is 9. The summed E-state index contributed by atoms with van der Waals surface area (Å²) in [7, 11) is 0. The zero-order valence-corrected chi connectivity index (χ0v) is 29.6. The predicted molar refractivity (Wildman–Crippen MR) is 228 cm³/mol. The zero-order chi connectivity index (χ0) is 35.8. The number of furan rings is 1. The molecule has 0 saturated carbocycles. The van der Waals surface area contributed by atoms with E-state index in [0.29, 0.717) is 0 Å². The molecule has 0 aliphatic rings. The van der Waals surface area contributed by atoms with Crippen molar-refractivity contribution in [1.82, 2.24) is 0 Å². The normalized spacial score (nSPS) is 11.3. The van der Waals surface area contributed by atoms with Crippen LogP contribution in [0.4, 0.5) is 17.1 Å². The molecule has 9 aromatic carbocycles. The molecule has 0 amide bonds. The van der Waals surface area contributed by atoms with Gasteiger partial charge in [-0.05, 0) is 81.2 Å². The predicted octanol–water partition coefficient (Wildman–Crippen LogP) is 14.9. The first-order valence-electron chi connectivity index (χ1n) is 18.4. The molecule has 0 radical (unpaired) electrons. The van der Waals surface area contributed by atoms with Crippen LogP contribution in [0.25, 0.3) is 77.2 Å². The molecular formula is C52H35NO. The zero-order valence-electron chi connectivity index (χ0n) is 29.6. The number of rotatable bonds is 7. The van der Waals surface area contributed by atoms with Gasteiger partial charge in [-0.3, -0.25) is 0 Å². The first-order valence-corrected chi connectivity index (χ1v) is 18.4. The molecule has 254 valence electrons. The van der Waals surface area contributed by atoms with E-state index in [1.54, 1.807) is 0 Å². The fourth-order valence-corrected chi connectivity index (χ4v) is 7.79. The lowest BCUT2D eigenvalue weighted by Gasteiger charge is -2.28. The Labute approximate surface area is 314 Å². The van der Waals surface area contributed by atoms with Crippen LogP contribution in [-0.2, 0) is 0 Å². The lowest BCUT2D eigenvalue weighted by molar-refractivity contribution is 0.674. The Morgan fingerprint density at radius 1 is 0.296 bits per heavy atom. The highest BCUT2D eigenvalue weighted by Crippen LogP contribution is 2.45. The standard InChI is InChI=1S/C52H35NO/c1-4-13-36(14-5-1)39-25-30-43(31-26-39)53(44-32-27-40(28-33-44)37-15-6-2-7-16-37)50-22-11-10-19-45(50)46-20-12-21-47-48-34-29-41-23-24-42(38-17-8-3-9-18-38)35-49(41)52(48)54-51(46)47/h1-35H. The van der Waals surface area contributed by atoms with E-state index in [2.05, 4.69) is 217 Å². The van der Waals surface area contributed by atoms with Crippen LogP contribution in [0.15, 0.2) is 217 Å². The molecule has 10 rings (SSSR count). The van der Waals surface area contributed by atoms with Gasteiger partial charge in [-0.25, -0.2) is 0 Å². The largest absolute Gasteiger partial charge is 0.455 e. The van der Waals surface area contributed by atoms with E-state index >= 15 is 0 Å². The van der Waals surface area contributed by atoms with E-state index in [1.807, 2.05) is 0 Å². The molecule has 1 heterocycles. The van der Waals surface area contributed by atoms with Crippen molar-refractivity contribution in [3.8, 4) is 44.5 Å². The van der Waals surface area contributed by atoms with Gasteiger partial charge in [0.1, 0.15) is 11.2 Å². The average Bonchev–Trinajstić information content (AvgIpc) is 3.65. The average molecular weight is 690 g/mol. The molecule has 54 heavy (non-hydrogen) atoms. The van der Waals surface area contributed by atoms with E-state index in [1.165, 1.54) is 33.4 Å². The van der Waals surface area contributed by atoms with Crippen molar-refractivity contribution in [2.45, 2.75) is 0 Å². The van der Waals surface area contributed by atoms with E-state index < -0.39 is 0 Å². The molecule has 0 bridgehead atoms. The maximum absolute atomic E-state index is 7.00. The van der Waals surface area contributed by atoms with Gasteiger partial charge >= 0.3 is 0 Å². The van der Waals surface area contributed by atoms with Gasteiger partial charge in [-0.1, -0.05) is 170 Å².